The maximum absolute atomic E-state index is 12.0. The van der Waals surface area contributed by atoms with Gasteiger partial charge in [-0.15, -0.1) is 0 Å². The molecular weight excluding hydrogens is 252 g/mol. The van der Waals surface area contributed by atoms with E-state index in [9.17, 15) is 4.79 Å². The van der Waals surface area contributed by atoms with Crippen LogP contribution in [0.1, 0.15) is 33.1 Å². The Morgan fingerprint density at radius 2 is 2.15 bits per heavy atom. The zero-order valence-corrected chi connectivity index (χ0v) is 13.1. The summed E-state index contributed by atoms with van der Waals surface area (Å²) in [6, 6.07) is 0.658. The summed E-state index contributed by atoms with van der Waals surface area (Å²) >= 11 is 0. The van der Waals surface area contributed by atoms with Crippen molar-refractivity contribution in [3.05, 3.63) is 11.6 Å². The Kier molecular flexibility index (Phi) is 5.61. The van der Waals surface area contributed by atoms with Gasteiger partial charge >= 0.3 is 0 Å². The highest BCUT2D eigenvalue weighted by Crippen LogP contribution is 2.31. The summed E-state index contributed by atoms with van der Waals surface area (Å²) in [6.07, 6.45) is 5.83. The van der Waals surface area contributed by atoms with Gasteiger partial charge in [0.1, 0.15) is 6.61 Å². The van der Waals surface area contributed by atoms with Crippen LogP contribution in [0.4, 0.5) is 0 Å². The van der Waals surface area contributed by atoms with E-state index in [1.807, 2.05) is 4.90 Å². The molecular formula is C16H28N2O2. The van der Waals surface area contributed by atoms with Gasteiger partial charge in [0.05, 0.1) is 0 Å². The monoisotopic (exact) mass is 280 g/mol. The highest BCUT2D eigenvalue weighted by molar-refractivity contribution is 5.77. The third-order valence-corrected chi connectivity index (χ3v) is 4.75. The van der Waals surface area contributed by atoms with Gasteiger partial charge in [-0.3, -0.25) is 9.69 Å². The number of hydrogen-bond acceptors (Lipinski definition) is 3. The van der Waals surface area contributed by atoms with Gasteiger partial charge in [-0.1, -0.05) is 11.6 Å². The molecule has 0 aromatic rings. The molecule has 2 atom stereocenters. The number of carbonyl (C=O) groups excluding carboxylic acids is 1. The molecule has 0 aromatic heterocycles. The van der Waals surface area contributed by atoms with Crippen LogP contribution in [0.2, 0.25) is 0 Å². The van der Waals surface area contributed by atoms with Crippen molar-refractivity contribution in [3.63, 3.8) is 0 Å². The summed E-state index contributed by atoms with van der Waals surface area (Å²) < 4.78 is 4.97. The topological polar surface area (TPSA) is 32.8 Å². The van der Waals surface area contributed by atoms with Crippen molar-refractivity contribution < 1.29 is 9.53 Å². The average molecular weight is 280 g/mol. The summed E-state index contributed by atoms with van der Waals surface area (Å²) in [5, 5.41) is 0. The first-order chi connectivity index (χ1) is 9.65. The van der Waals surface area contributed by atoms with Gasteiger partial charge < -0.3 is 9.64 Å². The van der Waals surface area contributed by atoms with E-state index in [1.54, 1.807) is 7.11 Å². The number of piperidine rings is 2. The molecule has 1 amide bonds. The molecule has 0 spiro atoms. The number of allylic oxidation sites excluding steroid dienone is 1. The standard InChI is InChI=1S/C16H28N2O2/c1-4-13(2)10-17-8-5-6-14-11-18(9-7-15(14)17)16(19)12-20-3/h4,14-15H,5-12H2,1-3H3/b13-4+/t14-,15+/m1/s1. The molecule has 0 aliphatic carbocycles. The van der Waals surface area contributed by atoms with E-state index in [0.29, 0.717) is 12.0 Å². The maximum Gasteiger partial charge on any atom is 0.248 e. The molecule has 2 aliphatic rings. The third kappa shape index (κ3) is 3.61. The highest BCUT2D eigenvalue weighted by atomic mass is 16.5. The smallest absolute Gasteiger partial charge is 0.248 e. The van der Waals surface area contributed by atoms with Crippen LogP contribution in [0.5, 0.6) is 0 Å². The van der Waals surface area contributed by atoms with Crippen LogP contribution >= 0.6 is 0 Å². The van der Waals surface area contributed by atoms with Crippen LogP contribution in [-0.2, 0) is 9.53 Å². The molecule has 2 aliphatic heterocycles. The van der Waals surface area contributed by atoms with Gasteiger partial charge in [0.2, 0.25) is 5.91 Å². The second-order valence-corrected chi connectivity index (χ2v) is 6.14. The van der Waals surface area contributed by atoms with E-state index in [0.717, 1.165) is 26.1 Å². The van der Waals surface area contributed by atoms with Crippen molar-refractivity contribution in [3.8, 4) is 0 Å². The molecule has 2 fully saturated rings. The van der Waals surface area contributed by atoms with Crippen molar-refractivity contribution in [1.29, 1.82) is 0 Å². The van der Waals surface area contributed by atoms with Crippen LogP contribution in [0.15, 0.2) is 11.6 Å². The Labute approximate surface area is 122 Å². The van der Waals surface area contributed by atoms with E-state index in [-0.39, 0.29) is 12.5 Å². The molecule has 20 heavy (non-hydrogen) atoms. The number of nitrogens with zero attached hydrogens (tertiary/aromatic N) is 2. The summed E-state index contributed by atoms with van der Waals surface area (Å²) in [6.45, 7) is 8.64. The maximum atomic E-state index is 12.0. The first kappa shape index (κ1) is 15.5. The minimum atomic E-state index is 0.146. The molecule has 0 radical (unpaired) electrons. The van der Waals surface area contributed by atoms with E-state index < -0.39 is 0 Å². The van der Waals surface area contributed by atoms with Gasteiger partial charge in [-0.05, 0) is 45.6 Å². The minimum Gasteiger partial charge on any atom is -0.375 e. The van der Waals surface area contributed by atoms with Crippen LogP contribution in [0.3, 0.4) is 0 Å². The first-order valence-electron chi connectivity index (χ1n) is 7.78. The average Bonchev–Trinajstić information content (AvgIpc) is 2.47. The summed E-state index contributed by atoms with van der Waals surface area (Å²) in [7, 11) is 1.59. The number of ether oxygens (including phenoxy) is 1. The number of amides is 1. The molecule has 4 nitrogen and oxygen atoms in total. The molecule has 2 heterocycles. The van der Waals surface area contributed by atoms with Gasteiger partial charge in [-0.25, -0.2) is 0 Å². The lowest BCUT2D eigenvalue weighted by Gasteiger charge is -2.47. The number of carbonyl (C=O) groups is 1. The molecule has 2 rings (SSSR count). The number of methoxy groups -OCH3 is 1. The zero-order chi connectivity index (χ0) is 14.5. The fraction of sp³-hybridized carbons (Fsp3) is 0.812. The van der Waals surface area contributed by atoms with E-state index >= 15 is 0 Å². The normalized spacial score (nSPS) is 28.4. The van der Waals surface area contributed by atoms with Gasteiger partial charge in [0, 0.05) is 32.8 Å². The first-order valence-corrected chi connectivity index (χ1v) is 7.78. The van der Waals surface area contributed by atoms with Crippen molar-refractivity contribution in [2.45, 2.75) is 39.2 Å². The van der Waals surface area contributed by atoms with E-state index in [1.165, 1.54) is 25.0 Å². The van der Waals surface area contributed by atoms with Gasteiger partial charge in [-0.2, -0.15) is 0 Å². The Morgan fingerprint density at radius 1 is 1.35 bits per heavy atom. The second-order valence-electron chi connectivity index (χ2n) is 6.14. The Balaban J connectivity index is 1.95. The van der Waals surface area contributed by atoms with Gasteiger partial charge in [0.25, 0.3) is 0 Å². The Bertz CT molecular complexity index is 367. The predicted molar refractivity (Wildman–Crippen MR) is 80.6 cm³/mol. The molecule has 0 unspecified atom stereocenters. The Morgan fingerprint density at radius 3 is 2.85 bits per heavy atom. The molecule has 4 heteroatoms. The summed E-state index contributed by atoms with van der Waals surface area (Å²) in [4.78, 5) is 16.6. The number of likely N-dealkylation sites (tertiary alicyclic amines) is 2. The van der Waals surface area contributed by atoms with E-state index in [4.69, 9.17) is 4.74 Å². The minimum absolute atomic E-state index is 0.146. The summed E-state index contributed by atoms with van der Waals surface area (Å²) in [5.41, 5.74) is 1.45. The lowest BCUT2D eigenvalue weighted by molar-refractivity contribution is -0.138. The zero-order valence-electron chi connectivity index (χ0n) is 13.1. The molecule has 0 N–H and O–H groups in total. The van der Waals surface area contributed by atoms with Crippen molar-refractivity contribution in [2.24, 2.45) is 5.92 Å². The quantitative estimate of drug-likeness (QED) is 0.738. The fourth-order valence-electron chi connectivity index (χ4n) is 3.56. The molecule has 114 valence electrons. The predicted octanol–water partition coefficient (Wildman–Crippen LogP) is 1.91. The van der Waals surface area contributed by atoms with Crippen LogP contribution < -0.4 is 0 Å². The second kappa shape index (κ2) is 7.23. The lowest BCUT2D eigenvalue weighted by Crippen LogP contribution is -2.55. The molecule has 2 saturated heterocycles. The molecule has 0 saturated carbocycles. The lowest BCUT2D eigenvalue weighted by atomic mass is 9.83. The Hall–Kier alpha value is -0.870. The summed E-state index contributed by atoms with van der Waals surface area (Å²) in [5.74, 6) is 0.788. The van der Waals surface area contributed by atoms with Crippen molar-refractivity contribution in [1.82, 2.24) is 9.80 Å². The van der Waals surface area contributed by atoms with Crippen molar-refractivity contribution >= 4 is 5.91 Å². The van der Waals surface area contributed by atoms with Gasteiger partial charge in [0.15, 0.2) is 0 Å². The van der Waals surface area contributed by atoms with Crippen LogP contribution in [0, 0.1) is 5.92 Å². The highest BCUT2D eigenvalue weighted by Gasteiger charge is 2.36. The van der Waals surface area contributed by atoms with E-state index in [2.05, 4.69) is 24.8 Å². The fourth-order valence-corrected chi connectivity index (χ4v) is 3.56. The number of hydrogen-bond donors (Lipinski definition) is 0. The molecule has 0 bridgehead atoms. The number of rotatable bonds is 4. The van der Waals surface area contributed by atoms with Crippen LogP contribution in [0.25, 0.3) is 0 Å². The SMILES string of the molecule is C/C=C(\C)CN1CCC[C@@H]2CN(C(=O)COC)CC[C@@H]21. The third-order valence-electron chi connectivity index (χ3n) is 4.75. The van der Waals surface area contributed by atoms with Crippen LogP contribution in [-0.4, -0.2) is 61.6 Å². The number of fused-ring (bicyclic) bond motifs is 1. The molecule has 0 aromatic carbocycles. The van der Waals surface area contributed by atoms with Crippen molar-refractivity contribution in [2.75, 3.05) is 39.9 Å². The largest absolute Gasteiger partial charge is 0.375 e.